The maximum absolute atomic E-state index is 14.5. The van der Waals surface area contributed by atoms with Crippen molar-refractivity contribution >= 4 is 39.1 Å². The highest BCUT2D eigenvalue weighted by molar-refractivity contribution is 7.92. The first-order chi connectivity index (χ1) is 22.6. The summed E-state index contributed by atoms with van der Waals surface area (Å²) in [5.74, 6) is 0.388. The van der Waals surface area contributed by atoms with Crippen LogP contribution in [0.1, 0.15) is 44.6 Å². The summed E-state index contributed by atoms with van der Waals surface area (Å²) in [4.78, 5) is 29.5. The second kappa shape index (κ2) is 16.1. The van der Waals surface area contributed by atoms with E-state index in [9.17, 15) is 18.0 Å². The van der Waals surface area contributed by atoms with Gasteiger partial charge in [-0.05, 0) is 67.3 Å². The molecule has 3 aromatic carbocycles. The van der Waals surface area contributed by atoms with Crippen molar-refractivity contribution in [1.82, 2.24) is 10.2 Å². The molecule has 47 heavy (non-hydrogen) atoms. The van der Waals surface area contributed by atoms with Gasteiger partial charge in [0.05, 0.1) is 39.0 Å². The minimum absolute atomic E-state index is 0.0305. The Morgan fingerprint density at radius 3 is 2.21 bits per heavy atom. The predicted octanol–water partition coefficient (Wildman–Crippen LogP) is 5.44. The minimum atomic E-state index is -4.45. The third kappa shape index (κ3) is 8.41. The second-order valence-corrected chi connectivity index (χ2v) is 13.4. The minimum Gasteiger partial charge on any atom is -0.497 e. The molecule has 0 aromatic heterocycles. The van der Waals surface area contributed by atoms with Gasteiger partial charge in [-0.2, -0.15) is 0 Å². The first kappa shape index (κ1) is 35.7. The average molecular weight is 688 g/mol. The van der Waals surface area contributed by atoms with E-state index in [1.165, 1.54) is 56.6 Å². The van der Waals surface area contributed by atoms with Crippen LogP contribution in [0.5, 0.6) is 23.0 Å². The Hall–Kier alpha value is -4.16. The number of methoxy groups -OCH3 is 4. The number of sulfonamides is 1. The molecule has 4 rings (SSSR count). The molecule has 254 valence electrons. The monoisotopic (exact) mass is 687 g/mol. The topological polar surface area (TPSA) is 124 Å². The van der Waals surface area contributed by atoms with Crippen LogP contribution in [0.4, 0.5) is 5.69 Å². The summed E-state index contributed by atoms with van der Waals surface area (Å²) in [6, 6.07) is 15.0. The van der Waals surface area contributed by atoms with Crippen LogP contribution in [-0.2, 0) is 26.2 Å². The molecule has 1 N–H and O–H groups in total. The Kier molecular flexibility index (Phi) is 12.2. The van der Waals surface area contributed by atoms with Crippen LogP contribution in [0, 0.1) is 0 Å². The lowest BCUT2D eigenvalue weighted by Gasteiger charge is -2.34. The normalized spacial score (nSPS) is 13.8. The van der Waals surface area contributed by atoms with Gasteiger partial charge in [0.2, 0.25) is 11.8 Å². The number of ether oxygens (including phenoxy) is 4. The van der Waals surface area contributed by atoms with Gasteiger partial charge in [-0.3, -0.25) is 13.9 Å². The predicted molar refractivity (Wildman–Crippen MR) is 180 cm³/mol. The molecule has 0 bridgehead atoms. The number of halogens is 1. The lowest BCUT2D eigenvalue weighted by molar-refractivity contribution is -0.140. The van der Waals surface area contributed by atoms with Crippen molar-refractivity contribution in [3.63, 3.8) is 0 Å². The first-order valence-electron chi connectivity index (χ1n) is 15.4. The summed E-state index contributed by atoms with van der Waals surface area (Å²) in [6.07, 6.45) is 4.10. The molecular weight excluding hydrogens is 646 g/mol. The van der Waals surface area contributed by atoms with Gasteiger partial charge in [0.15, 0.2) is 11.5 Å². The summed E-state index contributed by atoms with van der Waals surface area (Å²) in [6.45, 7) is 1.19. The lowest BCUT2D eigenvalue weighted by Crippen LogP contribution is -2.53. The first-order valence-corrected chi connectivity index (χ1v) is 17.2. The zero-order valence-corrected chi connectivity index (χ0v) is 28.9. The van der Waals surface area contributed by atoms with E-state index in [1.807, 2.05) is 13.0 Å². The number of rotatable bonds is 15. The Bertz CT molecular complexity index is 1660. The van der Waals surface area contributed by atoms with E-state index in [0.717, 1.165) is 30.0 Å². The van der Waals surface area contributed by atoms with E-state index in [1.54, 1.807) is 31.4 Å². The molecule has 1 aliphatic carbocycles. The number of benzene rings is 3. The fraction of sp³-hybridized carbons (Fsp3) is 0.412. The highest BCUT2D eigenvalue weighted by Crippen LogP contribution is 2.37. The largest absolute Gasteiger partial charge is 0.497 e. The smallest absolute Gasteiger partial charge is 0.265 e. The third-order valence-electron chi connectivity index (χ3n) is 8.21. The summed E-state index contributed by atoms with van der Waals surface area (Å²) in [5, 5.41) is 3.34. The number of hydrogen-bond donors (Lipinski definition) is 1. The summed E-state index contributed by atoms with van der Waals surface area (Å²) < 4.78 is 51.4. The molecule has 0 heterocycles. The van der Waals surface area contributed by atoms with Gasteiger partial charge in [0, 0.05) is 23.7 Å². The van der Waals surface area contributed by atoms with Gasteiger partial charge in [-0.1, -0.05) is 43.5 Å². The fourth-order valence-electron chi connectivity index (χ4n) is 5.73. The number of anilines is 1. The Labute approximate surface area is 281 Å². The van der Waals surface area contributed by atoms with E-state index < -0.39 is 28.5 Å². The van der Waals surface area contributed by atoms with Gasteiger partial charge < -0.3 is 29.2 Å². The summed E-state index contributed by atoms with van der Waals surface area (Å²) in [5.41, 5.74) is 0.757. The van der Waals surface area contributed by atoms with E-state index >= 15 is 0 Å². The van der Waals surface area contributed by atoms with E-state index in [-0.39, 0.29) is 45.6 Å². The van der Waals surface area contributed by atoms with Crippen LogP contribution in [-0.4, -0.2) is 72.2 Å². The maximum atomic E-state index is 14.5. The number of amides is 2. The van der Waals surface area contributed by atoms with E-state index in [4.69, 9.17) is 30.5 Å². The van der Waals surface area contributed by atoms with Crippen molar-refractivity contribution in [2.75, 3.05) is 39.3 Å². The van der Waals surface area contributed by atoms with Crippen LogP contribution in [0.3, 0.4) is 0 Å². The van der Waals surface area contributed by atoms with Crippen molar-refractivity contribution in [1.29, 1.82) is 0 Å². The second-order valence-electron chi connectivity index (χ2n) is 11.1. The Morgan fingerprint density at radius 2 is 1.57 bits per heavy atom. The molecule has 0 spiro atoms. The number of carbonyl (C=O) groups is 2. The zero-order valence-electron chi connectivity index (χ0n) is 27.3. The average Bonchev–Trinajstić information content (AvgIpc) is 3.59. The van der Waals surface area contributed by atoms with Gasteiger partial charge in [0.25, 0.3) is 10.0 Å². The van der Waals surface area contributed by atoms with Gasteiger partial charge in [0.1, 0.15) is 24.1 Å². The van der Waals surface area contributed by atoms with Crippen LogP contribution in [0.2, 0.25) is 5.02 Å². The molecule has 1 fully saturated rings. The molecule has 11 nitrogen and oxygen atoms in total. The van der Waals surface area contributed by atoms with E-state index in [0.29, 0.717) is 23.5 Å². The molecule has 0 saturated heterocycles. The van der Waals surface area contributed by atoms with Crippen LogP contribution >= 0.6 is 11.6 Å². The number of nitrogens with one attached hydrogen (secondary N) is 1. The maximum Gasteiger partial charge on any atom is 0.265 e. The van der Waals surface area contributed by atoms with Crippen LogP contribution in [0.25, 0.3) is 0 Å². The molecule has 13 heteroatoms. The summed E-state index contributed by atoms with van der Waals surface area (Å²) in [7, 11) is 1.32. The van der Waals surface area contributed by atoms with Crippen LogP contribution < -0.4 is 28.6 Å². The quantitative estimate of drug-likeness (QED) is 0.224. The number of carbonyl (C=O) groups excluding carboxylic acids is 2. The number of nitrogens with zero attached hydrogens (tertiary/aromatic N) is 2. The van der Waals surface area contributed by atoms with Gasteiger partial charge in [-0.15, -0.1) is 0 Å². The molecule has 0 aliphatic heterocycles. The highest BCUT2D eigenvalue weighted by atomic mass is 35.5. The van der Waals surface area contributed by atoms with Gasteiger partial charge >= 0.3 is 0 Å². The van der Waals surface area contributed by atoms with Crippen LogP contribution in [0.15, 0.2) is 65.6 Å². The molecule has 1 atom stereocenters. The lowest BCUT2D eigenvalue weighted by atomic mass is 10.1. The van der Waals surface area contributed by atoms with Crippen molar-refractivity contribution < 1.29 is 37.0 Å². The van der Waals surface area contributed by atoms with Crippen molar-refractivity contribution in [2.24, 2.45) is 0 Å². The number of hydrogen-bond acceptors (Lipinski definition) is 8. The van der Waals surface area contributed by atoms with E-state index in [2.05, 4.69) is 5.32 Å². The standard InChI is InChI=1S/C34H42ClN3O8S/c1-6-28(34(40)36-25-11-7-8-12-25)37(21-23-10-9-13-26(18-23)43-2)33(39)22-38(29-19-24(35)14-16-30(29)44-3)47(41,42)27-15-17-31(45-4)32(20-27)46-5/h9-10,13-20,25,28H,6-8,11-12,21-22H2,1-5H3,(H,36,40)/t28-/m0/s1. The third-order valence-corrected chi connectivity index (χ3v) is 10.2. The molecule has 0 unspecified atom stereocenters. The molecule has 1 saturated carbocycles. The SMILES string of the molecule is CC[C@@H](C(=O)NC1CCCC1)N(Cc1cccc(OC)c1)C(=O)CN(c1cc(Cl)ccc1OC)S(=O)(=O)c1ccc(OC)c(OC)c1. The Balaban J connectivity index is 1.81. The molecule has 3 aromatic rings. The van der Waals surface area contributed by atoms with Crippen molar-refractivity contribution in [3.8, 4) is 23.0 Å². The molecule has 0 radical (unpaired) electrons. The zero-order chi connectivity index (χ0) is 34.1. The Morgan fingerprint density at radius 1 is 0.894 bits per heavy atom. The molecular formula is C34H42ClN3O8S. The highest BCUT2D eigenvalue weighted by Gasteiger charge is 2.36. The fourth-order valence-corrected chi connectivity index (χ4v) is 7.33. The van der Waals surface area contributed by atoms with Crippen molar-refractivity contribution in [3.05, 3.63) is 71.2 Å². The van der Waals surface area contributed by atoms with Gasteiger partial charge in [-0.25, -0.2) is 8.42 Å². The summed E-state index contributed by atoms with van der Waals surface area (Å²) >= 11 is 6.36. The molecule has 2 amide bonds. The van der Waals surface area contributed by atoms with Crippen molar-refractivity contribution in [2.45, 2.75) is 62.6 Å². The molecule has 1 aliphatic rings.